The Balaban J connectivity index is 1.29. The van der Waals surface area contributed by atoms with Gasteiger partial charge in [-0.05, 0) is 70.9 Å². The molecule has 1 aliphatic carbocycles. The van der Waals surface area contributed by atoms with E-state index in [0.717, 1.165) is 51.7 Å². The van der Waals surface area contributed by atoms with E-state index in [0.29, 0.717) is 24.3 Å². The van der Waals surface area contributed by atoms with Crippen molar-refractivity contribution in [1.29, 1.82) is 0 Å². The summed E-state index contributed by atoms with van der Waals surface area (Å²) < 4.78 is 0. The van der Waals surface area contributed by atoms with Crippen LogP contribution < -0.4 is 5.32 Å². The quantitative estimate of drug-likeness (QED) is 0.741. The lowest BCUT2D eigenvalue weighted by Gasteiger charge is -2.35. The number of hydrogen-bond donors (Lipinski definition) is 1. The van der Waals surface area contributed by atoms with Gasteiger partial charge in [-0.2, -0.15) is 0 Å². The number of hydrogen-bond acceptors (Lipinski definition) is 3. The van der Waals surface area contributed by atoms with Crippen LogP contribution in [0, 0.1) is 11.8 Å². The molecule has 3 rings (SSSR count). The Morgan fingerprint density at radius 1 is 0.926 bits per heavy atom. The number of piperidine rings is 1. The molecule has 1 N–H and O–H groups in total. The molecular formula is C22H39N3O2. The smallest absolute Gasteiger partial charge is 0.225 e. The van der Waals surface area contributed by atoms with Crippen molar-refractivity contribution in [1.82, 2.24) is 15.1 Å². The molecule has 0 bridgehead atoms. The maximum atomic E-state index is 12.6. The summed E-state index contributed by atoms with van der Waals surface area (Å²) in [6.45, 7) is 7.19. The predicted octanol–water partition coefficient (Wildman–Crippen LogP) is 3.19. The van der Waals surface area contributed by atoms with Gasteiger partial charge in [-0.1, -0.05) is 19.3 Å². The Kier molecular flexibility index (Phi) is 7.98. The Bertz CT molecular complexity index is 476. The third-order valence-electron chi connectivity index (χ3n) is 7.00. The predicted molar refractivity (Wildman–Crippen MR) is 108 cm³/mol. The minimum atomic E-state index is 0.195. The molecule has 0 aromatic rings. The van der Waals surface area contributed by atoms with Gasteiger partial charge in [0, 0.05) is 38.0 Å². The molecule has 0 aromatic heterocycles. The van der Waals surface area contributed by atoms with E-state index in [4.69, 9.17) is 0 Å². The molecule has 0 radical (unpaired) electrons. The second-order valence-electron chi connectivity index (χ2n) is 9.04. The average Bonchev–Trinajstić information content (AvgIpc) is 3.23. The van der Waals surface area contributed by atoms with Gasteiger partial charge in [-0.15, -0.1) is 0 Å². The van der Waals surface area contributed by atoms with Gasteiger partial charge < -0.3 is 15.1 Å². The number of carbonyl (C=O) groups is 2. The minimum Gasteiger partial charge on any atom is -0.356 e. The summed E-state index contributed by atoms with van der Waals surface area (Å²) in [5.74, 6) is 1.29. The molecule has 0 spiro atoms. The second-order valence-corrected chi connectivity index (χ2v) is 9.04. The van der Waals surface area contributed by atoms with Crippen LogP contribution in [0.5, 0.6) is 0 Å². The van der Waals surface area contributed by atoms with Gasteiger partial charge in [0.1, 0.15) is 0 Å². The first-order chi connectivity index (χ1) is 13.1. The van der Waals surface area contributed by atoms with E-state index >= 15 is 0 Å². The molecule has 0 aromatic carbocycles. The number of amides is 2. The summed E-state index contributed by atoms with van der Waals surface area (Å²) in [5, 5.41) is 3.12. The molecule has 5 heteroatoms. The summed E-state index contributed by atoms with van der Waals surface area (Å²) in [6, 6.07) is 0.571. The summed E-state index contributed by atoms with van der Waals surface area (Å²) >= 11 is 0. The third kappa shape index (κ3) is 6.20. The van der Waals surface area contributed by atoms with Crippen LogP contribution in [0.4, 0.5) is 0 Å². The Hall–Kier alpha value is -1.10. The van der Waals surface area contributed by atoms with Crippen molar-refractivity contribution in [2.45, 2.75) is 83.6 Å². The maximum Gasteiger partial charge on any atom is 0.225 e. The fraction of sp³-hybridized carbons (Fsp3) is 0.909. The minimum absolute atomic E-state index is 0.195. The Morgan fingerprint density at radius 2 is 1.59 bits per heavy atom. The maximum absolute atomic E-state index is 12.6. The first-order valence-corrected chi connectivity index (χ1v) is 11.4. The molecule has 2 heterocycles. The van der Waals surface area contributed by atoms with Crippen molar-refractivity contribution in [3.05, 3.63) is 0 Å². The zero-order chi connectivity index (χ0) is 19.1. The van der Waals surface area contributed by atoms with Crippen LogP contribution in [-0.4, -0.2) is 60.4 Å². The molecule has 27 heavy (non-hydrogen) atoms. The van der Waals surface area contributed by atoms with Gasteiger partial charge >= 0.3 is 0 Å². The standard InChI is InChI=1S/C22H39N3O2/c1-18(24-13-5-6-14-24)9-12-23-21(26)17-19-10-15-25(16-11-19)22(27)20-7-3-2-4-8-20/h18-20H,2-17H2,1H3,(H,23,26). The molecule has 1 atom stereocenters. The van der Waals surface area contributed by atoms with E-state index < -0.39 is 0 Å². The van der Waals surface area contributed by atoms with Gasteiger partial charge in [0.2, 0.25) is 11.8 Å². The van der Waals surface area contributed by atoms with Crippen LogP contribution in [0.25, 0.3) is 0 Å². The average molecular weight is 378 g/mol. The topological polar surface area (TPSA) is 52.7 Å². The first kappa shape index (κ1) is 20.6. The van der Waals surface area contributed by atoms with Crippen molar-refractivity contribution in [3.8, 4) is 0 Å². The zero-order valence-corrected chi connectivity index (χ0v) is 17.3. The van der Waals surface area contributed by atoms with Crippen molar-refractivity contribution < 1.29 is 9.59 Å². The van der Waals surface area contributed by atoms with E-state index in [2.05, 4.69) is 22.0 Å². The SMILES string of the molecule is CC(CCNC(=O)CC1CCN(C(=O)C2CCCCC2)CC1)N1CCCC1. The van der Waals surface area contributed by atoms with Crippen LogP contribution in [-0.2, 0) is 9.59 Å². The lowest BCUT2D eigenvalue weighted by Crippen LogP contribution is -2.43. The van der Waals surface area contributed by atoms with Crippen LogP contribution in [0.1, 0.15) is 77.6 Å². The van der Waals surface area contributed by atoms with E-state index in [9.17, 15) is 9.59 Å². The molecule has 3 fully saturated rings. The van der Waals surface area contributed by atoms with E-state index in [1.54, 1.807) is 0 Å². The Morgan fingerprint density at radius 3 is 2.26 bits per heavy atom. The molecule has 154 valence electrons. The zero-order valence-electron chi connectivity index (χ0n) is 17.3. The normalized spacial score (nSPS) is 24.1. The molecular weight excluding hydrogens is 338 g/mol. The second kappa shape index (κ2) is 10.4. The highest BCUT2D eigenvalue weighted by Gasteiger charge is 2.29. The van der Waals surface area contributed by atoms with Crippen molar-refractivity contribution in [3.63, 3.8) is 0 Å². The monoisotopic (exact) mass is 377 g/mol. The summed E-state index contributed by atoms with van der Waals surface area (Å²) in [5.41, 5.74) is 0. The van der Waals surface area contributed by atoms with E-state index in [1.807, 2.05) is 0 Å². The largest absolute Gasteiger partial charge is 0.356 e. The third-order valence-corrected chi connectivity index (χ3v) is 7.00. The van der Waals surface area contributed by atoms with Crippen molar-refractivity contribution >= 4 is 11.8 Å². The highest BCUT2D eigenvalue weighted by atomic mass is 16.2. The highest BCUT2D eigenvalue weighted by molar-refractivity contribution is 5.79. The van der Waals surface area contributed by atoms with Crippen LogP contribution in [0.15, 0.2) is 0 Å². The van der Waals surface area contributed by atoms with Crippen LogP contribution in [0.2, 0.25) is 0 Å². The fourth-order valence-electron chi connectivity index (χ4n) is 5.08. The molecule has 2 aliphatic heterocycles. The molecule has 2 amide bonds. The van der Waals surface area contributed by atoms with E-state index in [1.165, 1.54) is 45.2 Å². The summed E-state index contributed by atoms with van der Waals surface area (Å²) in [6.07, 6.45) is 12.1. The van der Waals surface area contributed by atoms with Gasteiger partial charge in [0.25, 0.3) is 0 Å². The summed E-state index contributed by atoms with van der Waals surface area (Å²) in [7, 11) is 0. The van der Waals surface area contributed by atoms with Crippen LogP contribution in [0.3, 0.4) is 0 Å². The first-order valence-electron chi connectivity index (χ1n) is 11.4. The van der Waals surface area contributed by atoms with Crippen LogP contribution >= 0.6 is 0 Å². The molecule has 1 saturated carbocycles. The van der Waals surface area contributed by atoms with Gasteiger partial charge in [-0.3, -0.25) is 9.59 Å². The van der Waals surface area contributed by atoms with Gasteiger partial charge in [0.15, 0.2) is 0 Å². The number of nitrogens with one attached hydrogen (secondary N) is 1. The molecule has 2 saturated heterocycles. The van der Waals surface area contributed by atoms with Crippen molar-refractivity contribution in [2.24, 2.45) is 11.8 Å². The number of nitrogens with zero attached hydrogens (tertiary/aromatic N) is 2. The lowest BCUT2D eigenvalue weighted by molar-refractivity contribution is -0.138. The Labute approximate surface area is 165 Å². The summed E-state index contributed by atoms with van der Waals surface area (Å²) in [4.78, 5) is 29.5. The van der Waals surface area contributed by atoms with Crippen molar-refractivity contribution in [2.75, 3.05) is 32.7 Å². The van der Waals surface area contributed by atoms with E-state index in [-0.39, 0.29) is 11.8 Å². The number of rotatable bonds is 7. The molecule has 5 nitrogen and oxygen atoms in total. The lowest BCUT2D eigenvalue weighted by atomic mass is 9.87. The van der Waals surface area contributed by atoms with Gasteiger partial charge in [-0.25, -0.2) is 0 Å². The number of likely N-dealkylation sites (tertiary alicyclic amines) is 2. The molecule has 1 unspecified atom stereocenters. The van der Waals surface area contributed by atoms with Gasteiger partial charge in [0.05, 0.1) is 0 Å². The highest BCUT2D eigenvalue weighted by Crippen LogP contribution is 2.28. The molecule has 3 aliphatic rings. The fourth-order valence-corrected chi connectivity index (χ4v) is 5.08. The number of carbonyl (C=O) groups excluding carboxylic acids is 2.